The van der Waals surface area contributed by atoms with Gasteiger partial charge in [-0.05, 0) is 48.9 Å². The van der Waals surface area contributed by atoms with Gasteiger partial charge in [-0.25, -0.2) is 0 Å². The molecule has 0 N–H and O–H groups in total. The minimum absolute atomic E-state index is 0.168. The van der Waals surface area contributed by atoms with Crippen molar-refractivity contribution in [2.75, 3.05) is 0 Å². The molecule has 0 aliphatic carbocycles. The number of hydrogen-bond acceptors (Lipinski definition) is 4. The number of rotatable bonds is 4. The molecule has 4 rings (SSSR count). The van der Waals surface area contributed by atoms with Crippen LogP contribution in [-0.4, -0.2) is 5.78 Å². The van der Waals surface area contributed by atoms with Crippen LogP contribution in [0, 0.1) is 6.92 Å². The Kier molecular flexibility index (Phi) is 4.27. The van der Waals surface area contributed by atoms with Crippen LogP contribution in [0.1, 0.15) is 27.4 Å². The molecule has 1 aliphatic heterocycles. The number of fused-ring (bicyclic) bond motifs is 1. The maximum atomic E-state index is 12.4. The Balaban J connectivity index is 1.50. The van der Waals surface area contributed by atoms with Gasteiger partial charge in [-0.3, -0.25) is 4.79 Å². The van der Waals surface area contributed by atoms with E-state index < -0.39 is 0 Å². The van der Waals surface area contributed by atoms with Crippen molar-refractivity contribution < 1.29 is 18.7 Å². The first-order chi connectivity index (χ1) is 12.6. The third kappa shape index (κ3) is 3.37. The Morgan fingerprint density at radius 3 is 2.62 bits per heavy atom. The van der Waals surface area contributed by atoms with E-state index >= 15 is 0 Å². The number of carbonyl (C=O) groups excluding carboxylic acids is 1. The van der Waals surface area contributed by atoms with Crippen molar-refractivity contribution in [2.24, 2.45) is 0 Å². The van der Waals surface area contributed by atoms with E-state index in [1.165, 1.54) is 0 Å². The largest absolute Gasteiger partial charge is 0.489 e. The SMILES string of the molecule is Cc1ccc(/C=C2/Oc3cc(OCc4ccc(Cl)cc4)ccc3C2=O)o1. The molecule has 3 aromatic rings. The average molecular weight is 367 g/mol. The Labute approximate surface area is 155 Å². The van der Waals surface area contributed by atoms with Crippen LogP contribution in [0.2, 0.25) is 5.02 Å². The predicted octanol–water partition coefficient (Wildman–Crippen LogP) is 5.44. The molecule has 0 saturated carbocycles. The minimum atomic E-state index is -0.168. The molecular formula is C21H15ClO4. The van der Waals surface area contributed by atoms with Gasteiger partial charge in [-0.2, -0.15) is 0 Å². The van der Waals surface area contributed by atoms with Gasteiger partial charge >= 0.3 is 0 Å². The minimum Gasteiger partial charge on any atom is -0.489 e. The van der Waals surface area contributed by atoms with Gasteiger partial charge in [0.2, 0.25) is 5.78 Å². The second kappa shape index (κ2) is 6.73. The Bertz CT molecular complexity index is 999. The molecule has 0 radical (unpaired) electrons. The van der Waals surface area contributed by atoms with Gasteiger partial charge in [0.25, 0.3) is 0 Å². The van der Waals surface area contributed by atoms with Crippen molar-refractivity contribution in [3.05, 3.63) is 88.0 Å². The summed E-state index contributed by atoms with van der Waals surface area (Å²) in [6, 6.07) is 16.3. The maximum absolute atomic E-state index is 12.4. The second-order valence-corrected chi connectivity index (χ2v) is 6.40. The van der Waals surface area contributed by atoms with E-state index in [1.54, 1.807) is 30.3 Å². The molecule has 0 bridgehead atoms. The van der Waals surface area contributed by atoms with Gasteiger partial charge in [0.05, 0.1) is 5.56 Å². The van der Waals surface area contributed by atoms with E-state index in [1.807, 2.05) is 37.3 Å². The molecule has 0 spiro atoms. The third-order valence-electron chi connectivity index (χ3n) is 3.99. The molecule has 0 saturated heterocycles. The highest BCUT2D eigenvalue weighted by atomic mass is 35.5. The summed E-state index contributed by atoms with van der Waals surface area (Å²) < 4.78 is 16.9. The Hall–Kier alpha value is -2.98. The number of halogens is 1. The first-order valence-electron chi connectivity index (χ1n) is 8.10. The molecule has 130 valence electrons. The molecule has 2 aromatic carbocycles. The number of ether oxygens (including phenoxy) is 2. The third-order valence-corrected chi connectivity index (χ3v) is 4.25. The van der Waals surface area contributed by atoms with Crippen LogP contribution in [0.5, 0.6) is 11.5 Å². The van der Waals surface area contributed by atoms with Crippen molar-refractivity contribution in [3.8, 4) is 11.5 Å². The average Bonchev–Trinajstić information content (AvgIpc) is 3.18. The summed E-state index contributed by atoms with van der Waals surface area (Å²) in [6.45, 7) is 2.25. The highest BCUT2D eigenvalue weighted by Gasteiger charge is 2.28. The highest BCUT2D eigenvalue weighted by Crippen LogP contribution is 2.35. The lowest BCUT2D eigenvalue weighted by molar-refractivity contribution is 0.101. The standard InChI is InChI=1S/C21H15ClO4/c1-13-2-7-17(25-13)11-20-21(23)18-9-8-16(10-19(18)26-20)24-12-14-3-5-15(22)6-4-14/h2-11H,12H2,1H3/b20-11+. The predicted molar refractivity (Wildman–Crippen MR) is 98.6 cm³/mol. The number of benzene rings is 2. The summed E-state index contributed by atoms with van der Waals surface area (Å²) in [5.74, 6) is 2.54. The van der Waals surface area contributed by atoms with Crippen molar-refractivity contribution in [1.29, 1.82) is 0 Å². The van der Waals surface area contributed by atoms with Crippen molar-refractivity contribution in [2.45, 2.75) is 13.5 Å². The molecule has 1 aliphatic rings. The number of furan rings is 1. The Morgan fingerprint density at radius 1 is 1.08 bits per heavy atom. The first-order valence-corrected chi connectivity index (χ1v) is 8.48. The number of Topliss-reactive ketones (excluding diaryl/α,β-unsaturated/α-hetero) is 1. The van der Waals surface area contributed by atoms with Crippen LogP contribution >= 0.6 is 11.6 Å². The van der Waals surface area contributed by atoms with Crippen LogP contribution in [0.4, 0.5) is 0 Å². The van der Waals surface area contributed by atoms with E-state index in [2.05, 4.69) is 0 Å². The van der Waals surface area contributed by atoms with Crippen LogP contribution in [0.3, 0.4) is 0 Å². The van der Waals surface area contributed by atoms with Crippen LogP contribution in [0.15, 0.2) is 64.8 Å². The zero-order chi connectivity index (χ0) is 18.1. The first kappa shape index (κ1) is 16.5. The molecule has 4 nitrogen and oxygen atoms in total. The summed E-state index contributed by atoms with van der Waals surface area (Å²) in [7, 11) is 0. The molecule has 2 heterocycles. The summed E-state index contributed by atoms with van der Waals surface area (Å²) in [5, 5.41) is 0.685. The van der Waals surface area contributed by atoms with Gasteiger partial charge in [0.15, 0.2) is 5.76 Å². The number of aryl methyl sites for hydroxylation is 1. The normalized spacial score (nSPS) is 14.4. The lowest BCUT2D eigenvalue weighted by Crippen LogP contribution is -1.97. The molecule has 0 unspecified atom stereocenters. The number of carbonyl (C=O) groups is 1. The van der Waals surface area contributed by atoms with E-state index in [-0.39, 0.29) is 11.5 Å². The van der Waals surface area contributed by atoms with Gasteiger partial charge in [0.1, 0.15) is 29.6 Å². The zero-order valence-corrected chi connectivity index (χ0v) is 14.7. The monoisotopic (exact) mass is 366 g/mol. The van der Waals surface area contributed by atoms with E-state index in [0.717, 1.165) is 11.3 Å². The highest BCUT2D eigenvalue weighted by molar-refractivity contribution is 6.30. The topological polar surface area (TPSA) is 48.7 Å². The van der Waals surface area contributed by atoms with Crippen molar-refractivity contribution in [3.63, 3.8) is 0 Å². The van der Waals surface area contributed by atoms with E-state index in [0.29, 0.717) is 34.5 Å². The van der Waals surface area contributed by atoms with Gasteiger partial charge in [-0.15, -0.1) is 0 Å². The molecule has 26 heavy (non-hydrogen) atoms. The van der Waals surface area contributed by atoms with Gasteiger partial charge in [0, 0.05) is 17.2 Å². The van der Waals surface area contributed by atoms with Crippen LogP contribution in [-0.2, 0) is 6.61 Å². The number of ketones is 1. The quantitative estimate of drug-likeness (QED) is 0.577. The summed E-state index contributed by atoms with van der Waals surface area (Å²) in [6.07, 6.45) is 1.60. The van der Waals surface area contributed by atoms with E-state index in [4.69, 9.17) is 25.5 Å². The van der Waals surface area contributed by atoms with E-state index in [9.17, 15) is 4.79 Å². The van der Waals surface area contributed by atoms with Crippen LogP contribution < -0.4 is 9.47 Å². The van der Waals surface area contributed by atoms with Crippen molar-refractivity contribution >= 4 is 23.5 Å². The smallest absolute Gasteiger partial charge is 0.232 e. The number of allylic oxidation sites excluding steroid dienone is 1. The Morgan fingerprint density at radius 2 is 1.88 bits per heavy atom. The second-order valence-electron chi connectivity index (χ2n) is 5.96. The number of hydrogen-bond donors (Lipinski definition) is 0. The van der Waals surface area contributed by atoms with Gasteiger partial charge in [-0.1, -0.05) is 23.7 Å². The molecule has 0 fully saturated rings. The fourth-order valence-corrected chi connectivity index (χ4v) is 2.79. The lowest BCUT2D eigenvalue weighted by Gasteiger charge is -2.07. The zero-order valence-electron chi connectivity index (χ0n) is 14.0. The van der Waals surface area contributed by atoms with Gasteiger partial charge < -0.3 is 13.9 Å². The van der Waals surface area contributed by atoms with Crippen molar-refractivity contribution in [1.82, 2.24) is 0 Å². The summed E-state index contributed by atoms with van der Waals surface area (Å²) in [4.78, 5) is 12.4. The molecule has 0 atom stereocenters. The summed E-state index contributed by atoms with van der Waals surface area (Å²) >= 11 is 5.88. The maximum Gasteiger partial charge on any atom is 0.232 e. The fourth-order valence-electron chi connectivity index (χ4n) is 2.66. The molecule has 0 amide bonds. The summed E-state index contributed by atoms with van der Waals surface area (Å²) in [5.41, 5.74) is 1.51. The molecule has 1 aromatic heterocycles. The fraction of sp³-hybridized carbons (Fsp3) is 0.0952. The molecular weight excluding hydrogens is 352 g/mol. The molecule has 5 heteroatoms. The lowest BCUT2D eigenvalue weighted by atomic mass is 10.1. The van der Waals surface area contributed by atoms with Crippen LogP contribution in [0.25, 0.3) is 6.08 Å².